The fourth-order valence-electron chi connectivity index (χ4n) is 2.57. The number of aliphatic hydroxyl groups is 1. The molecule has 2 aromatic carbocycles. The molecular formula is C19H19N3O3. The fourth-order valence-corrected chi connectivity index (χ4v) is 2.57. The van der Waals surface area contributed by atoms with Crippen molar-refractivity contribution in [1.82, 2.24) is 15.5 Å². The summed E-state index contributed by atoms with van der Waals surface area (Å²) in [6.07, 6.45) is -0.894. The first-order chi connectivity index (χ1) is 12.1. The lowest BCUT2D eigenvalue weighted by Crippen LogP contribution is -2.34. The third-order valence-corrected chi connectivity index (χ3v) is 3.83. The van der Waals surface area contributed by atoms with E-state index in [1.165, 1.54) is 0 Å². The molecule has 0 spiro atoms. The molecule has 1 aromatic heterocycles. The molecule has 0 aliphatic rings. The van der Waals surface area contributed by atoms with Gasteiger partial charge in [-0.05, 0) is 18.1 Å². The van der Waals surface area contributed by atoms with Crippen molar-refractivity contribution in [2.24, 2.45) is 0 Å². The van der Waals surface area contributed by atoms with Crippen molar-refractivity contribution < 1.29 is 14.4 Å². The van der Waals surface area contributed by atoms with E-state index in [-0.39, 0.29) is 6.04 Å². The van der Waals surface area contributed by atoms with Gasteiger partial charge in [0, 0.05) is 0 Å². The molecule has 1 heterocycles. The molecule has 6 nitrogen and oxygen atoms in total. The molecule has 3 rings (SSSR count). The largest absolute Gasteiger partial charge is 0.378 e. The molecule has 0 fully saturated rings. The number of aryl methyl sites for hydroxylation is 1. The van der Waals surface area contributed by atoms with Gasteiger partial charge in [-0.3, -0.25) is 4.79 Å². The molecule has 0 saturated heterocycles. The zero-order chi connectivity index (χ0) is 17.6. The highest BCUT2D eigenvalue weighted by Crippen LogP contribution is 2.20. The number of nitrogens with one attached hydrogen (secondary N) is 1. The molecule has 0 unspecified atom stereocenters. The second-order valence-corrected chi connectivity index (χ2v) is 5.72. The van der Waals surface area contributed by atoms with E-state index >= 15 is 0 Å². The van der Waals surface area contributed by atoms with Crippen molar-refractivity contribution in [3.63, 3.8) is 0 Å². The first-order valence-electron chi connectivity index (χ1n) is 8.01. The minimum atomic E-state index is -1.24. The quantitative estimate of drug-likeness (QED) is 0.721. The average Bonchev–Trinajstić information content (AvgIpc) is 3.06. The molecule has 0 radical (unpaired) electrons. The zero-order valence-corrected chi connectivity index (χ0v) is 13.8. The standard InChI is InChI=1S/C19H19N3O3/c1-13-20-17(25-22-13)12-16(14-8-4-2-5-9-14)21-19(24)18(23)15-10-6-3-7-11-15/h2-11,16,18,23H,12H2,1H3,(H,21,24)/t16-,18-/m0/s1. The summed E-state index contributed by atoms with van der Waals surface area (Å²) in [5, 5.41) is 16.9. The second kappa shape index (κ2) is 7.72. The fraction of sp³-hybridized carbons (Fsp3) is 0.211. The van der Waals surface area contributed by atoms with Gasteiger partial charge >= 0.3 is 0 Å². The van der Waals surface area contributed by atoms with E-state index < -0.39 is 12.0 Å². The Kier molecular flexibility index (Phi) is 5.20. The summed E-state index contributed by atoms with van der Waals surface area (Å²) in [5.41, 5.74) is 1.44. The predicted octanol–water partition coefficient (Wildman–Crippen LogP) is 2.51. The maximum absolute atomic E-state index is 12.5. The van der Waals surface area contributed by atoms with Crippen LogP contribution in [0.25, 0.3) is 0 Å². The van der Waals surface area contributed by atoms with E-state index in [0.29, 0.717) is 23.7 Å². The van der Waals surface area contributed by atoms with Crippen LogP contribution in [0.15, 0.2) is 65.2 Å². The van der Waals surface area contributed by atoms with Crippen molar-refractivity contribution in [1.29, 1.82) is 0 Å². The molecule has 3 aromatic rings. The van der Waals surface area contributed by atoms with Gasteiger partial charge < -0.3 is 14.9 Å². The third kappa shape index (κ3) is 4.30. The van der Waals surface area contributed by atoms with Crippen LogP contribution in [-0.4, -0.2) is 21.2 Å². The average molecular weight is 337 g/mol. The summed E-state index contributed by atoms with van der Waals surface area (Å²) >= 11 is 0. The second-order valence-electron chi connectivity index (χ2n) is 5.72. The highest BCUT2D eigenvalue weighted by Gasteiger charge is 2.23. The number of hydrogen-bond acceptors (Lipinski definition) is 5. The first kappa shape index (κ1) is 16.9. The van der Waals surface area contributed by atoms with Crippen LogP contribution >= 0.6 is 0 Å². The lowest BCUT2D eigenvalue weighted by Gasteiger charge is -2.20. The summed E-state index contributed by atoms with van der Waals surface area (Å²) in [6.45, 7) is 1.74. The number of benzene rings is 2. The summed E-state index contributed by atoms with van der Waals surface area (Å²) in [6, 6.07) is 17.9. The van der Waals surface area contributed by atoms with Gasteiger partial charge in [0.05, 0.1) is 12.5 Å². The molecule has 2 N–H and O–H groups in total. The number of rotatable bonds is 6. The number of amides is 1. The van der Waals surface area contributed by atoms with Crippen molar-refractivity contribution in [3.05, 3.63) is 83.5 Å². The topological polar surface area (TPSA) is 88.2 Å². The number of hydrogen-bond donors (Lipinski definition) is 2. The van der Waals surface area contributed by atoms with Crippen molar-refractivity contribution in [3.8, 4) is 0 Å². The van der Waals surface area contributed by atoms with Gasteiger partial charge in [0.25, 0.3) is 5.91 Å². The van der Waals surface area contributed by atoms with Crippen LogP contribution in [0.4, 0.5) is 0 Å². The summed E-state index contributed by atoms with van der Waals surface area (Å²) in [4.78, 5) is 16.7. The molecule has 0 saturated carbocycles. The molecule has 1 amide bonds. The minimum absolute atomic E-state index is 0.345. The minimum Gasteiger partial charge on any atom is -0.378 e. The van der Waals surface area contributed by atoms with Crippen LogP contribution < -0.4 is 5.32 Å². The summed E-state index contributed by atoms with van der Waals surface area (Å²) in [7, 11) is 0. The van der Waals surface area contributed by atoms with E-state index in [1.807, 2.05) is 36.4 Å². The van der Waals surface area contributed by atoms with Crippen LogP contribution in [0.3, 0.4) is 0 Å². The van der Waals surface area contributed by atoms with Crippen LogP contribution in [0.2, 0.25) is 0 Å². The van der Waals surface area contributed by atoms with Crippen molar-refractivity contribution in [2.75, 3.05) is 0 Å². The molecule has 25 heavy (non-hydrogen) atoms. The van der Waals surface area contributed by atoms with E-state index in [0.717, 1.165) is 5.56 Å². The zero-order valence-electron chi connectivity index (χ0n) is 13.8. The van der Waals surface area contributed by atoms with E-state index in [2.05, 4.69) is 15.5 Å². The van der Waals surface area contributed by atoms with Gasteiger partial charge in [0.15, 0.2) is 11.9 Å². The van der Waals surface area contributed by atoms with E-state index in [9.17, 15) is 9.90 Å². The highest BCUT2D eigenvalue weighted by atomic mass is 16.5. The van der Waals surface area contributed by atoms with E-state index in [4.69, 9.17) is 4.52 Å². The molecule has 0 bridgehead atoms. The Balaban J connectivity index is 1.78. The smallest absolute Gasteiger partial charge is 0.253 e. The van der Waals surface area contributed by atoms with Crippen molar-refractivity contribution >= 4 is 5.91 Å². The number of carbonyl (C=O) groups is 1. The Labute approximate surface area is 145 Å². The predicted molar refractivity (Wildman–Crippen MR) is 91.5 cm³/mol. The van der Waals surface area contributed by atoms with Crippen LogP contribution in [0.1, 0.15) is 35.0 Å². The Morgan fingerprint density at radius 3 is 2.24 bits per heavy atom. The van der Waals surface area contributed by atoms with Crippen LogP contribution in [-0.2, 0) is 11.2 Å². The first-order valence-corrected chi connectivity index (χ1v) is 8.01. The Hall–Kier alpha value is -2.99. The van der Waals surface area contributed by atoms with Crippen molar-refractivity contribution in [2.45, 2.75) is 25.5 Å². The van der Waals surface area contributed by atoms with Gasteiger partial charge in [-0.25, -0.2) is 0 Å². The number of aromatic nitrogens is 2. The Morgan fingerprint density at radius 1 is 1.08 bits per heavy atom. The SMILES string of the molecule is Cc1noc(C[C@H](NC(=O)[C@@H](O)c2ccccc2)c2ccccc2)n1. The number of aliphatic hydroxyl groups excluding tert-OH is 1. The Morgan fingerprint density at radius 2 is 1.68 bits per heavy atom. The molecule has 0 aliphatic carbocycles. The lowest BCUT2D eigenvalue weighted by molar-refractivity contribution is -0.130. The molecular weight excluding hydrogens is 318 g/mol. The maximum Gasteiger partial charge on any atom is 0.253 e. The molecule has 2 atom stereocenters. The lowest BCUT2D eigenvalue weighted by atomic mass is 10.0. The number of carbonyl (C=O) groups excluding carboxylic acids is 1. The third-order valence-electron chi connectivity index (χ3n) is 3.83. The van der Waals surface area contributed by atoms with Crippen LogP contribution in [0, 0.1) is 6.92 Å². The van der Waals surface area contributed by atoms with E-state index in [1.54, 1.807) is 31.2 Å². The van der Waals surface area contributed by atoms with Gasteiger partial charge in [0.1, 0.15) is 0 Å². The molecule has 6 heteroatoms. The molecule has 128 valence electrons. The van der Waals surface area contributed by atoms with Gasteiger partial charge in [-0.2, -0.15) is 4.98 Å². The Bertz CT molecular complexity index is 818. The monoisotopic (exact) mass is 337 g/mol. The van der Waals surface area contributed by atoms with Crippen LogP contribution in [0.5, 0.6) is 0 Å². The van der Waals surface area contributed by atoms with Gasteiger partial charge in [0.2, 0.25) is 5.89 Å². The summed E-state index contributed by atoms with van der Waals surface area (Å²) in [5.74, 6) is 0.495. The number of nitrogens with zero attached hydrogens (tertiary/aromatic N) is 2. The highest BCUT2D eigenvalue weighted by molar-refractivity contribution is 5.82. The van der Waals surface area contributed by atoms with Gasteiger partial charge in [-0.1, -0.05) is 65.8 Å². The van der Waals surface area contributed by atoms with Gasteiger partial charge in [-0.15, -0.1) is 0 Å². The molecule has 0 aliphatic heterocycles. The normalized spacial score (nSPS) is 13.2. The maximum atomic E-state index is 12.5. The summed E-state index contributed by atoms with van der Waals surface area (Å²) < 4.78 is 5.17.